The van der Waals surface area contributed by atoms with Crippen molar-refractivity contribution in [1.29, 1.82) is 0 Å². The topological polar surface area (TPSA) is 113 Å². The number of sulfone groups is 1. The van der Waals surface area contributed by atoms with Crippen molar-refractivity contribution in [1.82, 2.24) is 10.6 Å². The molecule has 8 heteroatoms. The van der Waals surface area contributed by atoms with Crippen LogP contribution in [0.4, 0.5) is 4.79 Å². The molecule has 0 bridgehead atoms. The van der Waals surface area contributed by atoms with E-state index >= 15 is 0 Å². The van der Waals surface area contributed by atoms with E-state index in [0.29, 0.717) is 25.8 Å². The van der Waals surface area contributed by atoms with Crippen molar-refractivity contribution in [2.45, 2.75) is 44.6 Å². The van der Waals surface area contributed by atoms with E-state index in [4.69, 9.17) is 5.11 Å². The number of carbonyl (C=O) groups is 2. The van der Waals surface area contributed by atoms with Crippen LogP contribution < -0.4 is 10.6 Å². The second kappa shape index (κ2) is 6.92. The summed E-state index contributed by atoms with van der Waals surface area (Å²) in [7, 11) is -3.04. The van der Waals surface area contributed by atoms with Gasteiger partial charge in [-0.2, -0.15) is 0 Å². The van der Waals surface area contributed by atoms with Crippen molar-refractivity contribution < 1.29 is 23.1 Å². The first kappa shape index (κ1) is 16.7. The van der Waals surface area contributed by atoms with Crippen LogP contribution in [0.15, 0.2) is 0 Å². The summed E-state index contributed by atoms with van der Waals surface area (Å²) in [4.78, 5) is 21.9. The van der Waals surface area contributed by atoms with Gasteiger partial charge in [0.25, 0.3) is 0 Å². The average molecular weight is 306 g/mol. The highest BCUT2D eigenvalue weighted by Crippen LogP contribution is 2.22. The zero-order chi connectivity index (χ0) is 15.2. The molecular weight excluding hydrogens is 284 g/mol. The van der Waals surface area contributed by atoms with E-state index in [1.54, 1.807) is 6.92 Å². The lowest BCUT2D eigenvalue weighted by molar-refractivity contribution is -0.137. The number of carboxylic acids is 1. The molecule has 1 heterocycles. The maximum absolute atomic E-state index is 11.6. The first-order chi connectivity index (χ1) is 9.22. The normalized spacial score (nSPS) is 24.2. The van der Waals surface area contributed by atoms with Crippen LogP contribution in [0.1, 0.15) is 39.0 Å². The van der Waals surface area contributed by atoms with E-state index in [0.717, 1.165) is 6.42 Å². The fraction of sp³-hybridized carbons (Fsp3) is 0.833. The molecule has 1 aliphatic rings. The molecule has 1 saturated heterocycles. The molecular formula is C12H22N2O5S. The monoisotopic (exact) mass is 306 g/mol. The van der Waals surface area contributed by atoms with E-state index in [1.807, 2.05) is 0 Å². The Labute approximate surface area is 119 Å². The Morgan fingerprint density at radius 2 is 1.95 bits per heavy atom. The Bertz CT molecular complexity index is 462. The van der Waals surface area contributed by atoms with E-state index in [-0.39, 0.29) is 24.0 Å². The third-order valence-electron chi connectivity index (χ3n) is 3.27. The molecule has 0 aromatic heterocycles. The Kier molecular flexibility index (Phi) is 5.79. The third kappa shape index (κ3) is 6.23. The Morgan fingerprint density at radius 1 is 1.25 bits per heavy atom. The number of rotatable bonds is 7. The van der Waals surface area contributed by atoms with Crippen LogP contribution in [0.3, 0.4) is 0 Å². The van der Waals surface area contributed by atoms with Crippen molar-refractivity contribution in [3.05, 3.63) is 0 Å². The van der Waals surface area contributed by atoms with Gasteiger partial charge in [-0.25, -0.2) is 13.2 Å². The number of hydrogen-bond acceptors (Lipinski definition) is 4. The van der Waals surface area contributed by atoms with Crippen LogP contribution in [0, 0.1) is 0 Å². The van der Waals surface area contributed by atoms with Crippen LogP contribution in [-0.2, 0) is 14.6 Å². The molecule has 1 aliphatic heterocycles. The molecule has 0 spiro atoms. The molecule has 1 atom stereocenters. The first-order valence-electron chi connectivity index (χ1n) is 6.71. The number of hydrogen-bond donors (Lipinski definition) is 3. The molecule has 1 rings (SSSR count). The smallest absolute Gasteiger partial charge is 0.315 e. The van der Waals surface area contributed by atoms with Crippen molar-refractivity contribution in [3.63, 3.8) is 0 Å². The Morgan fingerprint density at radius 3 is 2.50 bits per heavy atom. The van der Waals surface area contributed by atoms with E-state index < -0.39 is 21.3 Å². The fourth-order valence-corrected chi connectivity index (χ4v) is 4.30. The lowest BCUT2D eigenvalue weighted by Crippen LogP contribution is -2.51. The summed E-state index contributed by atoms with van der Waals surface area (Å²) in [5.41, 5.74) is -0.688. The molecule has 0 aliphatic carbocycles. The summed E-state index contributed by atoms with van der Waals surface area (Å²) in [5.74, 6) is -0.726. The molecule has 0 saturated carbocycles. The van der Waals surface area contributed by atoms with Gasteiger partial charge in [0, 0.05) is 13.0 Å². The summed E-state index contributed by atoms with van der Waals surface area (Å²) in [5, 5.41) is 13.8. The number of carbonyl (C=O) groups excluding carboxylic acids is 1. The number of aliphatic carboxylic acids is 1. The van der Waals surface area contributed by atoms with E-state index in [2.05, 4.69) is 10.6 Å². The highest BCUT2D eigenvalue weighted by molar-refractivity contribution is 7.91. The molecule has 7 nitrogen and oxygen atoms in total. The molecule has 1 fully saturated rings. The quantitative estimate of drug-likeness (QED) is 0.593. The molecule has 0 aromatic rings. The summed E-state index contributed by atoms with van der Waals surface area (Å²) >= 11 is 0. The highest BCUT2D eigenvalue weighted by Gasteiger charge is 2.39. The van der Waals surface area contributed by atoms with E-state index in [1.165, 1.54) is 0 Å². The summed E-state index contributed by atoms with van der Waals surface area (Å²) in [6.45, 7) is 2.18. The standard InChI is InChI=1S/C12H22N2O5S/c1-12(6-8-20(18,19)9-12)14-11(17)13-7-4-2-3-5-10(15)16/h2-9H2,1H3,(H,15,16)(H2,13,14,17). The third-order valence-corrected chi connectivity index (χ3v) is 5.17. The van der Waals surface area contributed by atoms with Gasteiger partial charge in [-0.1, -0.05) is 6.42 Å². The maximum atomic E-state index is 11.6. The fourth-order valence-electron chi connectivity index (χ4n) is 2.21. The second-order valence-corrected chi connectivity index (χ2v) is 7.67. The summed E-state index contributed by atoms with van der Waals surface area (Å²) in [6.07, 6.45) is 2.60. The van der Waals surface area contributed by atoms with Crippen LogP contribution in [0.2, 0.25) is 0 Å². The Hall–Kier alpha value is -1.31. The minimum Gasteiger partial charge on any atom is -0.481 e. The lowest BCUT2D eigenvalue weighted by atomic mass is 10.0. The lowest BCUT2D eigenvalue weighted by Gasteiger charge is -2.23. The minimum atomic E-state index is -3.04. The van der Waals surface area contributed by atoms with Gasteiger partial charge in [0.2, 0.25) is 0 Å². The van der Waals surface area contributed by atoms with Gasteiger partial charge in [0.1, 0.15) is 0 Å². The van der Waals surface area contributed by atoms with Crippen molar-refractivity contribution in [2.75, 3.05) is 18.1 Å². The minimum absolute atomic E-state index is 0.0218. The predicted octanol–water partition coefficient (Wildman–Crippen LogP) is 0.508. The molecule has 0 radical (unpaired) electrons. The number of urea groups is 1. The van der Waals surface area contributed by atoms with Gasteiger partial charge in [-0.15, -0.1) is 0 Å². The number of amides is 2. The number of unbranched alkanes of at least 4 members (excludes halogenated alkanes) is 2. The summed E-state index contributed by atoms with van der Waals surface area (Å²) < 4.78 is 22.8. The van der Waals surface area contributed by atoms with Gasteiger partial charge in [-0.3, -0.25) is 4.79 Å². The van der Waals surface area contributed by atoms with Crippen LogP contribution in [0.25, 0.3) is 0 Å². The number of carboxylic acid groups (broad SMARTS) is 1. The van der Waals surface area contributed by atoms with Crippen LogP contribution in [0.5, 0.6) is 0 Å². The molecule has 2 amide bonds. The first-order valence-corrected chi connectivity index (χ1v) is 8.53. The van der Waals surface area contributed by atoms with Gasteiger partial charge in [-0.05, 0) is 26.2 Å². The van der Waals surface area contributed by atoms with Crippen molar-refractivity contribution in [3.8, 4) is 0 Å². The zero-order valence-corrected chi connectivity index (χ0v) is 12.5. The highest BCUT2D eigenvalue weighted by atomic mass is 32.2. The van der Waals surface area contributed by atoms with Crippen LogP contribution in [-0.4, -0.2) is 49.1 Å². The van der Waals surface area contributed by atoms with Crippen molar-refractivity contribution in [2.24, 2.45) is 0 Å². The molecule has 20 heavy (non-hydrogen) atoms. The van der Waals surface area contributed by atoms with Gasteiger partial charge in [0.15, 0.2) is 9.84 Å². The molecule has 116 valence electrons. The predicted molar refractivity (Wildman–Crippen MR) is 74.3 cm³/mol. The SMILES string of the molecule is CC1(NC(=O)NCCCCCC(=O)O)CCS(=O)(=O)C1. The zero-order valence-electron chi connectivity index (χ0n) is 11.6. The molecule has 1 unspecified atom stereocenters. The number of nitrogens with one attached hydrogen (secondary N) is 2. The van der Waals surface area contributed by atoms with Gasteiger partial charge >= 0.3 is 12.0 Å². The Balaban J connectivity index is 2.16. The maximum Gasteiger partial charge on any atom is 0.315 e. The van der Waals surface area contributed by atoms with Gasteiger partial charge in [0.05, 0.1) is 17.0 Å². The second-order valence-electron chi connectivity index (χ2n) is 5.49. The summed E-state index contributed by atoms with van der Waals surface area (Å²) in [6, 6.07) is -0.372. The average Bonchev–Trinajstić information content (AvgIpc) is 2.57. The van der Waals surface area contributed by atoms with Crippen molar-refractivity contribution >= 4 is 21.8 Å². The van der Waals surface area contributed by atoms with Gasteiger partial charge < -0.3 is 15.7 Å². The molecule has 0 aromatic carbocycles. The largest absolute Gasteiger partial charge is 0.481 e. The molecule has 3 N–H and O–H groups in total. The van der Waals surface area contributed by atoms with Crippen LogP contribution >= 0.6 is 0 Å². The van der Waals surface area contributed by atoms with E-state index in [9.17, 15) is 18.0 Å².